The second-order valence-electron chi connectivity index (χ2n) is 4.44. The van der Waals surface area contributed by atoms with Crippen molar-refractivity contribution in [2.24, 2.45) is 11.8 Å². The fraction of sp³-hybridized carbons (Fsp3) is 0.500. The lowest BCUT2D eigenvalue weighted by Crippen LogP contribution is -2.24. The van der Waals surface area contributed by atoms with Gasteiger partial charge in [-0.15, -0.1) is 0 Å². The molecule has 0 spiro atoms. The SMILES string of the molecule is CC(C)C(C)Nc1nc(NN)nc(-n2cncn2)n1. The minimum Gasteiger partial charge on any atom is -0.351 e. The van der Waals surface area contributed by atoms with Gasteiger partial charge in [0.2, 0.25) is 11.9 Å². The molecule has 9 heteroatoms. The molecule has 0 saturated carbocycles. The molecule has 0 aliphatic heterocycles. The number of anilines is 2. The summed E-state index contributed by atoms with van der Waals surface area (Å²) in [6.45, 7) is 6.28. The molecule has 0 aromatic carbocycles. The van der Waals surface area contributed by atoms with Crippen molar-refractivity contribution in [2.45, 2.75) is 26.8 Å². The van der Waals surface area contributed by atoms with Crippen molar-refractivity contribution in [3.8, 4) is 5.95 Å². The molecule has 0 aliphatic rings. The summed E-state index contributed by atoms with van der Waals surface area (Å²) in [5.74, 6) is 6.85. The van der Waals surface area contributed by atoms with Gasteiger partial charge in [-0.05, 0) is 12.8 Å². The predicted octanol–water partition coefficient (Wildman–Crippen LogP) is 0.194. The lowest BCUT2D eigenvalue weighted by Gasteiger charge is -2.17. The van der Waals surface area contributed by atoms with Crippen LogP contribution in [0.25, 0.3) is 5.95 Å². The van der Waals surface area contributed by atoms with Gasteiger partial charge < -0.3 is 5.32 Å². The van der Waals surface area contributed by atoms with Crippen molar-refractivity contribution in [3.63, 3.8) is 0 Å². The first-order valence-corrected chi connectivity index (χ1v) is 5.94. The van der Waals surface area contributed by atoms with E-state index in [1.165, 1.54) is 17.3 Å². The fourth-order valence-corrected chi connectivity index (χ4v) is 1.28. The Hall–Kier alpha value is -2.29. The van der Waals surface area contributed by atoms with Crippen LogP contribution >= 0.6 is 0 Å². The summed E-state index contributed by atoms with van der Waals surface area (Å²) in [4.78, 5) is 16.4. The zero-order chi connectivity index (χ0) is 13.8. The van der Waals surface area contributed by atoms with E-state index in [1.807, 2.05) is 0 Å². The highest BCUT2D eigenvalue weighted by Crippen LogP contribution is 2.11. The second kappa shape index (κ2) is 5.57. The molecular formula is C10H17N9. The Bertz CT molecular complexity index is 522. The van der Waals surface area contributed by atoms with Gasteiger partial charge in [0.1, 0.15) is 12.7 Å². The van der Waals surface area contributed by atoms with Crippen LogP contribution in [0, 0.1) is 5.92 Å². The molecule has 9 nitrogen and oxygen atoms in total. The Morgan fingerprint density at radius 2 is 1.89 bits per heavy atom. The van der Waals surface area contributed by atoms with Crippen LogP contribution in [-0.4, -0.2) is 35.8 Å². The fourth-order valence-electron chi connectivity index (χ4n) is 1.28. The van der Waals surface area contributed by atoms with Crippen LogP contribution in [0.1, 0.15) is 20.8 Å². The van der Waals surface area contributed by atoms with Crippen LogP contribution in [0.5, 0.6) is 0 Å². The number of nitrogen functional groups attached to an aromatic ring is 1. The van der Waals surface area contributed by atoms with E-state index in [2.05, 4.69) is 56.5 Å². The average molecular weight is 263 g/mol. The quantitative estimate of drug-likeness (QED) is 0.516. The third-order valence-corrected chi connectivity index (χ3v) is 2.73. The normalized spacial score (nSPS) is 12.5. The van der Waals surface area contributed by atoms with Gasteiger partial charge in [0.15, 0.2) is 0 Å². The van der Waals surface area contributed by atoms with Gasteiger partial charge in [0, 0.05) is 6.04 Å². The number of aromatic nitrogens is 6. The molecule has 1 atom stereocenters. The highest BCUT2D eigenvalue weighted by atomic mass is 15.4. The second-order valence-corrected chi connectivity index (χ2v) is 4.44. The van der Waals surface area contributed by atoms with Crippen molar-refractivity contribution in [1.82, 2.24) is 29.7 Å². The summed E-state index contributed by atoms with van der Waals surface area (Å²) in [5, 5.41) is 7.17. The molecule has 102 valence electrons. The van der Waals surface area contributed by atoms with E-state index in [9.17, 15) is 0 Å². The summed E-state index contributed by atoms with van der Waals surface area (Å²) < 4.78 is 1.44. The van der Waals surface area contributed by atoms with E-state index >= 15 is 0 Å². The summed E-state index contributed by atoms with van der Waals surface area (Å²) in [6, 6.07) is 0.219. The maximum absolute atomic E-state index is 5.36. The number of hydrogen-bond acceptors (Lipinski definition) is 8. The minimum absolute atomic E-state index is 0.219. The van der Waals surface area contributed by atoms with E-state index < -0.39 is 0 Å². The standard InChI is InChI=1S/C10H17N9/c1-6(2)7(3)14-8-15-9(18-11)17-10(16-8)19-5-12-4-13-19/h4-7H,11H2,1-3H3,(H2,14,15,16,17,18). The monoisotopic (exact) mass is 263 g/mol. The number of nitrogens with two attached hydrogens (primary N) is 1. The van der Waals surface area contributed by atoms with E-state index in [1.54, 1.807) is 0 Å². The van der Waals surface area contributed by atoms with Gasteiger partial charge in [-0.1, -0.05) is 13.8 Å². The summed E-state index contributed by atoms with van der Waals surface area (Å²) in [5.41, 5.74) is 2.41. The number of nitrogens with zero attached hydrogens (tertiary/aromatic N) is 6. The number of nitrogens with one attached hydrogen (secondary N) is 2. The van der Waals surface area contributed by atoms with Gasteiger partial charge in [-0.2, -0.15) is 24.7 Å². The van der Waals surface area contributed by atoms with Gasteiger partial charge >= 0.3 is 0 Å². The van der Waals surface area contributed by atoms with Crippen molar-refractivity contribution >= 4 is 11.9 Å². The molecule has 2 aromatic rings. The molecule has 4 N–H and O–H groups in total. The summed E-state index contributed by atoms with van der Waals surface area (Å²) in [7, 11) is 0. The molecule has 0 saturated heterocycles. The van der Waals surface area contributed by atoms with E-state index in [4.69, 9.17) is 5.84 Å². The van der Waals surface area contributed by atoms with Gasteiger partial charge in [0.25, 0.3) is 5.95 Å². The largest absolute Gasteiger partial charge is 0.351 e. The first-order chi connectivity index (χ1) is 9.10. The van der Waals surface area contributed by atoms with Crippen molar-refractivity contribution < 1.29 is 0 Å². The Kier molecular flexibility index (Phi) is 3.85. The maximum Gasteiger partial charge on any atom is 0.258 e. The van der Waals surface area contributed by atoms with Crippen LogP contribution in [-0.2, 0) is 0 Å². The van der Waals surface area contributed by atoms with Gasteiger partial charge in [-0.25, -0.2) is 10.8 Å². The molecule has 0 fully saturated rings. The molecule has 2 aromatic heterocycles. The lowest BCUT2D eigenvalue weighted by molar-refractivity contribution is 0.555. The van der Waals surface area contributed by atoms with Gasteiger partial charge in [0.05, 0.1) is 0 Å². The molecule has 2 heterocycles. The molecule has 0 aliphatic carbocycles. The first kappa shape index (κ1) is 13.1. The molecule has 0 amide bonds. The predicted molar refractivity (Wildman–Crippen MR) is 70.5 cm³/mol. The molecular weight excluding hydrogens is 246 g/mol. The first-order valence-electron chi connectivity index (χ1n) is 5.94. The van der Waals surface area contributed by atoms with Crippen LogP contribution in [0.2, 0.25) is 0 Å². The molecule has 0 radical (unpaired) electrons. The van der Waals surface area contributed by atoms with Crippen molar-refractivity contribution in [2.75, 3.05) is 10.7 Å². The Morgan fingerprint density at radius 3 is 2.47 bits per heavy atom. The Labute approximate surface area is 110 Å². The third-order valence-electron chi connectivity index (χ3n) is 2.73. The molecule has 2 rings (SSSR count). The van der Waals surface area contributed by atoms with Crippen LogP contribution in [0.3, 0.4) is 0 Å². The highest BCUT2D eigenvalue weighted by Gasteiger charge is 2.12. The van der Waals surface area contributed by atoms with E-state index in [0.717, 1.165) is 0 Å². The minimum atomic E-state index is 0.219. The average Bonchev–Trinajstić information content (AvgIpc) is 2.92. The molecule has 1 unspecified atom stereocenters. The summed E-state index contributed by atoms with van der Waals surface area (Å²) >= 11 is 0. The van der Waals surface area contributed by atoms with E-state index in [0.29, 0.717) is 17.8 Å². The molecule has 0 bridgehead atoms. The van der Waals surface area contributed by atoms with Crippen LogP contribution < -0.4 is 16.6 Å². The number of rotatable bonds is 5. The third kappa shape index (κ3) is 3.13. The van der Waals surface area contributed by atoms with Crippen LogP contribution in [0.15, 0.2) is 12.7 Å². The van der Waals surface area contributed by atoms with Crippen molar-refractivity contribution in [3.05, 3.63) is 12.7 Å². The zero-order valence-electron chi connectivity index (χ0n) is 11.1. The van der Waals surface area contributed by atoms with Crippen molar-refractivity contribution in [1.29, 1.82) is 0 Å². The zero-order valence-corrected chi connectivity index (χ0v) is 11.1. The number of hydrogen-bond donors (Lipinski definition) is 3. The van der Waals surface area contributed by atoms with E-state index in [-0.39, 0.29) is 12.0 Å². The number of hydrazine groups is 1. The smallest absolute Gasteiger partial charge is 0.258 e. The highest BCUT2D eigenvalue weighted by molar-refractivity contribution is 5.37. The summed E-state index contributed by atoms with van der Waals surface area (Å²) in [6.07, 6.45) is 2.91. The maximum atomic E-state index is 5.36. The molecule has 19 heavy (non-hydrogen) atoms. The van der Waals surface area contributed by atoms with Gasteiger partial charge in [-0.3, -0.25) is 5.43 Å². The lowest BCUT2D eigenvalue weighted by atomic mass is 10.1. The topological polar surface area (TPSA) is 119 Å². The Morgan fingerprint density at radius 1 is 1.16 bits per heavy atom. The van der Waals surface area contributed by atoms with Crippen LogP contribution in [0.4, 0.5) is 11.9 Å². The Balaban J connectivity index is 2.31.